The van der Waals surface area contributed by atoms with Crippen molar-refractivity contribution in [3.05, 3.63) is 52.6 Å². The number of hydrogen-bond acceptors (Lipinski definition) is 6. The highest BCUT2D eigenvalue weighted by Crippen LogP contribution is 2.54. The Morgan fingerprint density at radius 2 is 1.56 bits per heavy atom. The maximum Gasteiger partial charge on any atom is 0.317 e. The van der Waals surface area contributed by atoms with E-state index >= 15 is 0 Å². The van der Waals surface area contributed by atoms with Crippen molar-refractivity contribution in [3.63, 3.8) is 0 Å². The van der Waals surface area contributed by atoms with Crippen LogP contribution in [-0.4, -0.2) is 37.2 Å². The van der Waals surface area contributed by atoms with Crippen LogP contribution in [0.1, 0.15) is 136 Å². The Labute approximate surface area is 289 Å². The molecule has 3 aliphatic rings. The molecule has 0 heterocycles. The van der Waals surface area contributed by atoms with Crippen LogP contribution in [0.25, 0.3) is 0 Å². The summed E-state index contributed by atoms with van der Waals surface area (Å²) in [5.41, 5.74) is 4.17. The van der Waals surface area contributed by atoms with E-state index in [0.29, 0.717) is 18.3 Å². The second-order valence-electron chi connectivity index (χ2n) is 16.6. The van der Waals surface area contributed by atoms with Gasteiger partial charge < -0.3 is 18.9 Å². The minimum atomic E-state index is -0.748. The van der Waals surface area contributed by atoms with Gasteiger partial charge in [0.2, 0.25) is 0 Å². The van der Waals surface area contributed by atoms with Gasteiger partial charge in [0.1, 0.15) is 35.1 Å². The Balaban J connectivity index is 1.45. The van der Waals surface area contributed by atoms with Crippen molar-refractivity contribution < 1.29 is 28.5 Å². The molecule has 0 N–H and O–H groups in total. The lowest BCUT2D eigenvalue weighted by molar-refractivity contribution is -0.169. The second kappa shape index (κ2) is 14.1. The molecule has 0 bridgehead atoms. The number of Topliss-reactive ketones (excluding diaryl/α,β-unsaturated/α-hetero) is 1. The average Bonchev–Trinajstić information content (AvgIpc) is 2.99. The fourth-order valence-corrected chi connectivity index (χ4v) is 9.20. The Morgan fingerprint density at radius 3 is 2.15 bits per heavy atom. The number of carbonyl (C=O) groups is 2. The summed E-state index contributed by atoms with van der Waals surface area (Å²) in [4.78, 5) is 28.1. The Bertz CT molecular complexity index is 1460. The van der Waals surface area contributed by atoms with Crippen molar-refractivity contribution in [2.75, 3.05) is 7.11 Å². The molecule has 6 heteroatoms. The van der Waals surface area contributed by atoms with Crippen molar-refractivity contribution in [2.24, 2.45) is 23.7 Å². The Hall–Kier alpha value is -3.02. The Kier molecular flexibility index (Phi) is 10.6. The molecule has 2 saturated carbocycles. The first-order valence-corrected chi connectivity index (χ1v) is 18.5. The molecular formula is C42H60O6. The molecule has 5 rings (SSSR count). The van der Waals surface area contributed by atoms with Crippen LogP contribution in [0.15, 0.2) is 30.3 Å². The van der Waals surface area contributed by atoms with E-state index in [2.05, 4.69) is 65.8 Å². The SMILES string of the molecule is COc1c(C(C)C)ccc2c1CC[C@@H]1[C@H](C(=O)O[C@H]3C[C@H](C)CC[C@H]3C(C)(C)c3cc(OC(C)C)cc(OC(C)C)c3)C(=O)CC[C@@]21C. The number of benzene rings is 2. The summed E-state index contributed by atoms with van der Waals surface area (Å²) in [6.07, 6.45) is 5.26. The summed E-state index contributed by atoms with van der Waals surface area (Å²) < 4.78 is 24.9. The van der Waals surface area contributed by atoms with Crippen LogP contribution in [-0.2, 0) is 31.6 Å². The molecule has 2 aromatic rings. The largest absolute Gasteiger partial charge is 0.496 e. The zero-order valence-electron chi connectivity index (χ0n) is 31.4. The molecule has 2 aromatic carbocycles. The van der Waals surface area contributed by atoms with Gasteiger partial charge in [0, 0.05) is 18.4 Å². The van der Waals surface area contributed by atoms with Gasteiger partial charge in [-0.05, 0) is 123 Å². The second-order valence-corrected chi connectivity index (χ2v) is 16.6. The third-order valence-corrected chi connectivity index (χ3v) is 11.8. The number of ketones is 1. The standard InChI is InChI=1S/C42H60O6/c1-24(2)31-13-16-33-32(39(31)45-11)14-17-35-38(36(43)18-19-42(33,35)10)40(44)48-37-20-27(7)12-15-34(37)41(8,9)28-21-29(46-25(3)4)23-30(22-28)47-26(5)6/h13,16,21-27,34-35,37-38H,12,14-15,17-20H2,1-11H3/t27-,34-,35-,37+,38+,42+/m1/s1. The van der Waals surface area contributed by atoms with Crippen LogP contribution in [0.2, 0.25) is 0 Å². The zero-order valence-corrected chi connectivity index (χ0v) is 31.4. The molecule has 0 radical (unpaired) electrons. The maximum atomic E-state index is 14.4. The molecule has 264 valence electrons. The number of hydrogen-bond donors (Lipinski definition) is 0. The van der Waals surface area contributed by atoms with Gasteiger partial charge >= 0.3 is 5.97 Å². The van der Waals surface area contributed by atoms with Gasteiger partial charge in [-0.25, -0.2) is 0 Å². The van der Waals surface area contributed by atoms with E-state index in [9.17, 15) is 9.59 Å². The molecule has 48 heavy (non-hydrogen) atoms. The summed E-state index contributed by atoms with van der Waals surface area (Å²) in [7, 11) is 1.76. The lowest BCUT2D eigenvalue weighted by Crippen LogP contribution is -2.52. The fourth-order valence-electron chi connectivity index (χ4n) is 9.20. The fraction of sp³-hybridized carbons (Fsp3) is 0.667. The lowest BCUT2D eigenvalue weighted by Gasteiger charge is -2.50. The van der Waals surface area contributed by atoms with E-state index in [-0.39, 0.29) is 52.7 Å². The molecule has 6 atom stereocenters. The van der Waals surface area contributed by atoms with E-state index in [1.807, 2.05) is 33.8 Å². The molecule has 0 aromatic heterocycles. The first-order valence-electron chi connectivity index (χ1n) is 18.5. The van der Waals surface area contributed by atoms with Gasteiger partial charge in [0.15, 0.2) is 0 Å². The number of fused-ring (bicyclic) bond motifs is 3. The predicted molar refractivity (Wildman–Crippen MR) is 191 cm³/mol. The quantitative estimate of drug-likeness (QED) is 0.187. The summed E-state index contributed by atoms with van der Waals surface area (Å²) in [6, 6.07) is 10.6. The normalized spacial score (nSPS) is 27.5. The van der Waals surface area contributed by atoms with E-state index in [4.69, 9.17) is 18.9 Å². The third kappa shape index (κ3) is 7.01. The number of rotatable bonds is 10. The van der Waals surface area contributed by atoms with Crippen molar-refractivity contribution in [3.8, 4) is 17.2 Å². The topological polar surface area (TPSA) is 71.1 Å². The molecule has 0 spiro atoms. The van der Waals surface area contributed by atoms with Crippen LogP contribution in [0.4, 0.5) is 0 Å². The highest BCUT2D eigenvalue weighted by molar-refractivity contribution is 6.00. The van der Waals surface area contributed by atoms with Crippen LogP contribution in [0.5, 0.6) is 17.2 Å². The summed E-state index contributed by atoms with van der Waals surface area (Å²) in [5.74, 6) is 2.26. The summed E-state index contributed by atoms with van der Waals surface area (Å²) in [5, 5.41) is 0. The van der Waals surface area contributed by atoms with Crippen molar-refractivity contribution in [1.82, 2.24) is 0 Å². The highest BCUT2D eigenvalue weighted by atomic mass is 16.5. The van der Waals surface area contributed by atoms with Gasteiger partial charge in [-0.2, -0.15) is 0 Å². The van der Waals surface area contributed by atoms with Crippen LogP contribution < -0.4 is 14.2 Å². The van der Waals surface area contributed by atoms with E-state index in [1.54, 1.807) is 7.11 Å². The van der Waals surface area contributed by atoms with Crippen molar-refractivity contribution in [1.29, 1.82) is 0 Å². The first-order chi connectivity index (χ1) is 22.6. The zero-order chi connectivity index (χ0) is 35.1. The summed E-state index contributed by atoms with van der Waals surface area (Å²) in [6.45, 7) is 21.5. The van der Waals surface area contributed by atoms with Gasteiger partial charge in [0.25, 0.3) is 0 Å². The van der Waals surface area contributed by atoms with Crippen molar-refractivity contribution in [2.45, 2.75) is 149 Å². The number of ether oxygens (including phenoxy) is 4. The maximum absolute atomic E-state index is 14.4. The number of esters is 1. The van der Waals surface area contributed by atoms with E-state index < -0.39 is 5.92 Å². The molecule has 0 saturated heterocycles. The van der Waals surface area contributed by atoms with Gasteiger partial charge in [-0.3, -0.25) is 9.59 Å². The van der Waals surface area contributed by atoms with Crippen LogP contribution >= 0.6 is 0 Å². The van der Waals surface area contributed by atoms with Gasteiger partial charge in [-0.15, -0.1) is 0 Å². The first kappa shape index (κ1) is 36.3. The molecule has 0 amide bonds. The summed E-state index contributed by atoms with van der Waals surface area (Å²) >= 11 is 0. The lowest BCUT2D eigenvalue weighted by atomic mass is 9.54. The smallest absolute Gasteiger partial charge is 0.317 e. The molecule has 3 aliphatic carbocycles. The number of carbonyl (C=O) groups excluding carboxylic acids is 2. The predicted octanol–water partition coefficient (Wildman–Crippen LogP) is 9.52. The van der Waals surface area contributed by atoms with Crippen LogP contribution in [0, 0.1) is 23.7 Å². The minimum absolute atomic E-state index is 0.0308. The van der Waals surface area contributed by atoms with E-state index in [1.165, 1.54) is 16.7 Å². The third-order valence-electron chi connectivity index (χ3n) is 11.8. The molecular weight excluding hydrogens is 600 g/mol. The molecule has 6 nitrogen and oxygen atoms in total. The number of methoxy groups -OCH3 is 1. The molecule has 2 fully saturated rings. The monoisotopic (exact) mass is 660 g/mol. The average molecular weight is 661 g/mol. The van der Waals surface area contributed by atoms with Gasteiger partial charge in [-0.1, -0.05) is 60.1 Å². The Morgan fingerprint density at radius 1 is 0.917 bits per heavy atom. The molecule has 0 aliphatic heterocycles. The van der Waals surface area contributed by atoms with Crippen LogP contribution in [0.3, 0.4) is 0 Å². The minimum Gasteiger partial charge on any atom is -0.496 e. The highest BCUT2D eigenvalue weighted by Gasteiger charge is 2.54. The van der Waals surface area contributed by atoms with Gasteiger partial charge in [0.05, 0.1) is 19.3 Å². The molecule has 0 unspecified atom stereocenters. The van der Waals surface area contributed by atoms with E-state index in [0.717, 1.165) is 61.3 Å². The van der Waals surface area contributed by atoms with Crippen molar-refractivity contribution >= 4 is 11.8 Å².